The van der Waals surface area contributed by atoms with E-state index in [0.29, 0.717) is 11.3 Å². The highest BCUT2D eigenvalue weighted by Gasteiger charge is 2.33. The summed E-state index contributed by atoms with van der Waals surface area (Å²) < 4.78 is 40.2. The highest BCUT2D eigenvalue weighted by molar-refractivity contribution is 14.1. The van der Waals surface area contributed by atoms with E-state index >= 15 is 0 Å². The molecule has 0 aliphatic rings. The molecule has 0 spiro atoms. The number of aromatic nitrogens is 1. The molecule has 1 aromatic rings. The van der Waals surface area contributed by atoms with Gasteiger partial charge in [0.25, 0.3) is 0 Å². The van der Waals surface area contributed by atoms with Crippen molar-refractivity contribution in [1.82, 2.24) is 4.98 Å². The van der Waals surface area contributed by atoms with Crippen molar-refractivity contribution >= 4 is 38.5 Å². The Balaban J connectivity index is 3.16. The number of pyridine rings is 1. The fourth-order valence-electron chi connectivity index (χ4n) is 1.01. The molecule has 0 bridgehead atoms. The lowest BCUT2D eigenvalue weighted by Gasteiger charge is -2.14. The molecule has 1 N–H and O–H groups in total. The first kappa shape index (κ1) is 14.0. The second-order valence-electron chi connectivity index (χ2n) is 2.73. The number of rotatable bonds is 3. The third-order valence-electron chi connectivity index (χ3n) is 1.59. The smallest absolute Gasteiger partial charge is 0.403 e. The minimum atomic E-state index is -4.75. The van der Waals surface area contributed by atoms with Crippen molar-refractivity contribution < 1.29 is 23.0 Å². The summed E-state index contributed by atoms with van der Waals surface area (Å²) in [6.07, 6.45) is -4.75. The molecule has 0 saturated carbocycles. The molecule has 0 atom stereocenters. The van der Waals surface area contributed by atoms with E-state index in [9.17, 15) is 13.2 Å². The number of halogens is 5. The van der Waals surface area contributed by atoms with Crippen LogP contribution >= 0.6 is 38.5 Å². The molecule has 0 aliphatic heterocycles. The monoisotopic (exact) mass is 411 g/mol. The lowest BCUT2D eigenvalue weighted by molar-refractivity contribution is -0.275. The average molecular weight is 412 g/mol. The van der Waals surface area contributed by atoms with E-state index in [1.54, 1.807) is 22.6 Å². The van der Waals surface area contributed by atoms with Gasteiger partial charge in [0, 0.05) is 10.9 Å². The maximum absolute atomic E-state index is 12.1. The number of aliphatic hydroxyl groups is 1. The zero-order valence-corrected chi connectivity index (χ0v) is 11.4. The summed E-state index contributed by atoms with van der Waals surface area (Å²) in [4.78, 5) is 3.78. The van der Waals surface area contributed by atoms with Crippen LogP contribution in [0.3, 0.4) is 0 Å². The minimum Gasteiger partial charge on any atom is -0.403 e. The van der Waals surface area contributed by atoms with Gasteiger partial charge in [-0.15, -0.1) is 13.2 Å². The minimum absolute atomic E-state index is 0.0657. The molecular formula is C8H6BrF3INO2. The Bertz CT molecular complexity index is 386. The van der Waals surface area contributed by atoms with Gasteiger partial charge in [0.15, 0.2) is 5.75 Å². The number of ether oxygens (including phenoxy) is 1. The molecule has 0 fully saturated rings. The van der Waals surface area contributed by atoms with Crippen molar-refractivity contribution in [2.45, 2.75) is 18.3 Å². The van der Waals surface area contributed by atoms with Crippen LogP contribution in [0.1, 0.15) is 11.3 Å². The van der Waals surface area contributed by atoms with E-state index in [1.165, 1.54) is 6.07 Å². The molecule has 0 aliphatic carbocycles. The van der Waals surface area contributed by atoms with E-state index in [0.717, 1.165) is 0 Å². The Morgan fingerprint density at radius 2 is 2.12 bits per heavy atom. The lowest BCUT2D eigenvalue weighted by atomic mass is 10.2. The van der Waals surface area contributed by atoms with E-state index in [4.69, 9.17) is 5.11 Å². The fourth-order valence-corrected chi connectivity index (χ4v) is 2.19. The SMILES string of the molecule is OCc1cc(CBr)c(OC(F)(F)F)c(I)n1. The second kappa shape index (κ2) is 5.50. The van der Waals surface area contributed by atoms with Crippen molar-refractivity contribution in [3.63, 3.8) is 0 Å². The largest absolute Gasteiger partial charge is 0.573 e. The standard InChI is InChI=1S/C8H6BrF3INO2/c9-2-4-1-5(3-15)14-7(13)6(4)16-8(10,11)12/h1,15H,2-3H2. The highest BCUT2D eigenvalue weighted by Crippen LogP contribution is 2.32. The fraction of sp³-hybridized carbons (Fsp3) is 0.375. The average Bonchev–Trinajstić information content (AvgIpc) is 2.19. The normalized spacial score (nSPS) is 11.6. The van der Waals surface area contributed by atoms with E-state index < -0.39 is 6.36 Å². The van der Waals surface area contributed by atoms with E-state index in [1.807, 2.05) is 0 Å². The number of hydrogen-bond donors (Lipinski definition) is 1. The summed E-state index contributed by atoms with van der Waals surface area (Å²) in [5.41, 5.74) is 0.592. The van der Waals surface area contributed by atoms with Crippen molar-refractivity contribution in [2.24, 2.45) is 0 Å². The van der Waals surface area contributed by atoms with Crippen LogP contribution in [0.4, 0.5) is 13.2 Å². The third kappa shape index (κ3) is 3.74. The molecule has 0 saturated heterocycles. The zero-order chi connectivity index (χ0) is 12.3. The van der Waals surface area contributed by atoms with Crippen molar-refractivity contribution in [3.05, 3.63) is 21.0 Å². The maximum atomic E-state index is 12.1. The van der Waals surface area contributed by atoms with Crippen molar-refractivity contribution in [2.75, 3.05) is 0 Å². The van der Waals surface area contributed by atoms with E-state index in [-0.39, 0.29) is 21.4 Å². The van der Waals surface area contributed by atoms with Crippen LogP contribution < -0.4 is 4.74 Å². The van der Waals surface area contributed by atoms with Crippen LogP contribution in [0.15, 0.2) is 6.07 Å². The molecule has 1 heterocycles. The molecule has 0 radical (unpaired) electrons. The van der Waals surface area contributed by atoms with Gasteiger partial charge in [0.1, 0.15) is 3.70 Å². The molecule has 0 unspecified atom stereocenters. The first-order valence-corrected chi connectivity index (χ1v) is 6.18. The van der Waals surface area contributed by atoms with Gasteiger partial charge in [-0.05, 0) is 28.7 Å². The van der Waals surface area contributed by atoms with Gasteiger partial charge in [-0.25, -0.2) is 4.98 Å². The van der Waals surface area contributed by atoms with Crippen LogP contribution in [-0.4, -0.2) is 16.5 Å². The number of nitrogens with zero attached hydrogens (tertiary/aromatic N) is 1. The lowest BCUT2D eigenvalue weighted by Crippen LogP contribution is -2.19. The van der Waals surface area contributed by atoms with Crippen LogP contribution in [0.5, 0.6) is 5.75 Å². The summed E-state index contributed by atoms with van der Waals surface area (Å²) in [5, 5.41) is 9.05. The first-order valence-electron chi connectivity index (χ1n) is 3.98. The third-order valence-corrected chi connectivity index (χ3v) is 2.92. The topological polar surface area (TPSA) is 42.4 Å². The molecule has 1 aromatic heterocycles. The molecule has 0 amide bonds. The number of alkyl halides is 4. The molecule has 8 heteroatoms. The second-order valence-corrected chi connectivity index (χ2v) is 4.31. The van der Waals surface area contributed by atoms with Gasteiger partial charge in [0.05, 0.1) is 12.3 Å². The Morgan fingerprint density at radius 1 is 1.50 bits per heavy atom. The molecule has 3 nitrogen and oxygen atoms in total. The Hall–Kier alpha value is -0.0900. The van der Waals surface area contributed by atoms with Gasteiger partial charge in [-0.1, -0.05) is 15.9 Å². The quantitative estimate of drug-likeness (QED) is 0.472. The summed E-state index contributed by atoms with van der Waals surface area (Å²) in [5.74, 6) is -0.331. The summed E-state index contributed by atoms with van der Waals surface area (Å²) in [6.45, 7) is -0.331. The summed E-state index contributed by atoms with van der Waals surface area (Å²) in [6, 6.07) is 1.36. The summed E-state index contributed by atoms with van der Waals surface area (Å²) >= 11 is 4.68. The van der Waals surface area contributed by atoms with Gasteiger partial charge in [-0.2, -0.15) is 0 Å². The van der Waals surface area contributed by atoms with Gasteiger partial charge < -0.3 is 9.84 Å². The molecule has 16 heavy (non-hydrogen) atoms. The molecule has 1 rings (SSSR count). The summed E-state index contributed by atoms with van der Waals surface area (Å²) in [7, 11) is 0. The Morgan fingerprint density at radius 3 is 2.56 bits per heavy atom. The number of hydrogen-bond acceptors (Lipinski definition) is 3. The Kier molecular flexibility index (Phi) is 4.80. The zero-order valence-electron chi connectivity index (χ0n) is 7.68. The molecular weight excluding hydrogens is 406 g/mol. The van der Waals surface area contributed by atoms with Gasteiger partial charge >= 0.3 is 6.36 Å². The predicted octanol–water partition coefficient (Wildman–Crippen LogP) is 2.97. The van der Waals surface area contributed by atoms with Crippen LogP contribution in [-0.2, 0) is 11.9 Å². The van der Waals surface area contributed by atoms with Crippen LogP contribution in [0.2, 0.25) is 0 Å². The van der Waals surface area contributed by atoms with Crippen LogP contribution in [0, 0.1) is 3.70 Å². The van der Waals surface area contributed by atoms with Gasteiger partial charge in [0.2, 0.25) is 0 Å². The van der Waals surface area contributed by atoms with Crippen molar-refractivity contribution in [3.8, 4) is 5.75 Å². The molecule has 90 valence electrons. The Labute approximate surface area is 111 Å². The first-order chi connectivity index (χ1) is 7.37. The predicted molar refractivity (Wildman–Crippen MR) is 62.2 cm³/mol. The number of aliphatic hydroxyl groups excluding tert-OH is 1. The molecule has 0 aromatic carbocycles. The highest BCUT2D eigenvalue weighted by atomic mass is 127. The van der Waals surface area contributed by atoms with Gasteiger partial charge in [-0.3, -0.25) is 0 Å². The van der Waals surface area contributed by atoms with Crippen LogP contribution in [0.25, 0.3) is 0 Å². The maximum Gasteiger partial charge on any atom is 0.573 e. The van der Waals surface area contributed by atoms with Crippen molar-refractivity contribution in [1.29, 1.82) is 0 Å². The van der Waals surface area contributed by atoms with E-state index in [2.05, 4.69) is 25.7 Å².